The Balaban J connectivity index is 2.86. The molecule has 0 saturated heterocycles. The highest BCUT2D eigenvalue weighted by molar-refractivity contribution is 5.94. The van der Waals surface area contributed by atoms with E-state index in [1.165, 1.54) is 17.0 Å². The number of nitrogens with zero attached hydrogens (tertiary/aromatic N) is 1. The van der Waals surface area contributed by atoms with Crippen LogP contribution in [0.4, 0.5) is 10.5 Å². The molecule has 0 heterocycles. The molecule has 0 fully saturated rings. The molecule has 1 rings (SSSR count). The number of aromatic carboxylic acids is 1. The maximum absolute atomic E-state index is 11.9. The van der Waals surface area contributed by atoms with Crippen LogP contribution in [0.2, 0.25) is 0 Å². The zero-order chi connectivity index (χ0) is 14.6. The Labute approximate surface area is 112 Å². The molecule has 0 aromatic heterocycles. The van der Waals surface area contributed by atoms with Crippen molar-refractivity contribution in [2.24, 2.45) is 0 Å². The van der Waals surface area contributed by atoms with Crippen molar-refractivity contribution in [3.05, 3.63) is 41.5 Å². The number of carbonyl (C=O) groups is 2. The standard InChI is InChI=1S/C14H18N2O3/c1-9(2)8-16(4)14(19)15-12-7-11(13(17)18)6-5-10(12)3/h5-7H,1,8H2,2-4H3,(H,15,19)(H,17,18). The van der Waals surface area contributed by atoms with Gasteiger partial charge in [0.15, 0.2) is 0 Å². The first-order valence-electron chi connectivity index (χ1n) is 5.81. The highest BCUT2D eigenvalue weighted by Gasteiger charge is 2.12. The van der Waals surface area contributed by atoms with Crippen molar-refractivity contribution < 1.29 is 14.7 Å². The minimum absolute atomic E-state index is 0.142. The van der Waals surface area contributed by atoms with Crippen molar-refractivity contribution in [2.75, 3.05) is 18.9 Å². The average Bonchev–Trinajstić information content (AvgIpc) is 2.30. The predicted octanol–water partition coefficient (Wildman–Crippen LogP) is 2.73. The minimum Gasteiger partial charge on any atom is -0.478 e. The highest BCUT2D eigenvalue weighted by Crippen LogP contribution is 2.17. The normalized spacial score (nSPS) is 9.84. The van der Waals surface area contributed by atoms with Crippen LogP contribution in [0.5, 0.6) is 0 Å². The van der Waals surface area contributed by atoms with E-state index in [9.17, 15) is 9.59 Å². The third-order valence-electron chi connectivity index (χ3n) is 2.58. The molecular formula is C14H18N2O3. The van der Waals surface area contributed by atoms with Gasteiger partial charge in [0, 0.05) is 19.3 Å². The van der Waals surface area contributed by atoms with Crippen molar-refractivity contribution >= 4 is 17.7 Å². The Kier molecular flexibility index (Phi) is 4.69. The molecule has 0 spiro atoms. The van der Waals surface area contributed by atoms with Gasteiger partial charge in [0.05, 0.1) is 5.56 Å². The quantitative estimate of drug-likeness (QED) is 0.820. The molecule has 0 aliphatic carbocycles. The molecule has 2 N–H and O–H groups in total. The van der Waals surface area contributed by atoms with Crippen LogP contribution in [0.1, 0.15) is 22.8 Å². The minimum atomic E-state index is -1.02. The number of carboxylic acids is 1. The van der Waals surface area contributed by atoms with E-state index >= 15 is 0 Å². The van der Waals surface area contributed by atoms with Gasteiger partial charge in [-0.15, -0.1) is 0 Å². The maximum atomic E-state index is 11.9. The van der Waals surface area contributed by atoms with Crippen LogP contribution in [-0.4, -0.2) is 35.6 Å². The molecule has 0 aliphatic heterocycles. The zero-order valence-corrected chi connectivity index (χ0v) is 11.4. The van der Waals surface area contributed by atoms with E-state index in [4.69, 9.17) is 5.11 Å². The monoisotopic (exact) mass is 262 g/mol. The predicted molar refractivity (Wildman–Crippen MR) is 74.6 cm³/mol. The maximum Gasteiger partial charge on any atom is 0.335 e. The summed E-state index contributed by atoms with van der Waals surface area (Å²) in [5.74, 6) is -1.02. The molecule has 5 nitrogen and oxygen atoms in total. The van der Waals surface area contributed by atoms with Gasteiger partial charge < -0.3 is 15.3 Å². The number of likely N-dealkylation sites (N-methyl/N-ethyl adjacent to an activating group) is 1. The lowest BCUT2D eigenvalue weighted by atomic mass is 10.1. The molecule has 0 aliphatic rings. The van der Waals surface area contributed by atoms with E-state index in [1.54, 1.807) is 20.0 Å². The number of carbonyl (C=O) groups excluding carboxylic acids is 1. The summed E-state index contributed by atoms with van der Waals surface area (Å²) >= 11 is 0. The first-order chi connectivity index (χ1) is 8.81. The van der Waals surface area contributed by atoms with Gasteiger partial charge >= 0.3 is 12.0 Å². The molecule has 0 saturated carbocycles. The Morgan fingerprint density at radius 2 is 2.05 bits per heavy atom. The fourth-order valence-electron chi connectivity index (χ4n) is 1.58. The summed E-state index contributed by atoms with van der Waals surface area (Å²) in [4.78, 5) is 24.3. The van der Waals surface area contributed by atoms with E-state index in [2.05, 4.69) is 11.9 Å². The molecule has 5 heteroatoms. The smallest absolute Gasteiger partial charge is 0.335 e. The molecule has 0 atom stereocenters. The van der Waals surface area contributed by atoms with Crippen molar-refractivity contribution in [1.82, 2.24) is 4.90 Å². The topological polar surface area (TPSA) is 69.6 Å². The van der Waals surface area contributed by atoms with Crippen LogP contribution in [0, 0.1) is 6.92 Å². The number of aryl methyl sites for hydroxylation is 1. The number of rotatable bonds is 4. The Morgan fingerprint density at radius 3 is 2.58 bits per heavy atom. The molecule has 0 radical (unpaired) electrons. The fourth-order valence-corrected chi connectivity index (χ4v) is 1.58. The first-order valence-corrected chi connectivity index (χ1v) is 5.81. The van der Waals surface area contributed by atoms with E-state index in [1.807, 2.05) is 6.92 Å². The number of hydrogen-bond acceptors (Lipinski definition) is 2. The lowest BCUT2D eigenvalue weighted by Gasteiger charge is -2.19. The van der Waals surface area contributed by atoms with Crippen molar-refractivity contribution in [3.8, 4) is 0 Å². The number of amides is 2. The second kappa shape index (κ2) is 6.04. The summed E-state index contributed by atoms with van der Waals surface area (Å²) in [5, 5.41) is 11.6. The number of carboxylic acid groups (broad SMARTS) is 1. The number of urea groups is 1. The van der Waals surface area contributed by atoms with Crippen LogP contribution >= 0.6 is 0 Å². The lowest BCUT2D eigenvalue weighted by molar-refractivity contribution is 0.0697. The van der Waals surface area contributed by atoms with Gasteiger partial charge in [-0.2, -0.15) is 0 Å². The lowest BCUT2D eigenvalue weighted by Crippen LogP contribution is -2.32. The highest BCUT2D eigenvalue weighted by atomic mass is 16.4. The van der Waals surface area contributed by atoms with Gasteiger partial charge in [-0.25, -0.2) is 9.59 Å². The molecule has 102 valence electrons. The van der Waals surface area contributed by atoms with E-state index in [0.29, 0.717) is 12.2 Å². The average molecular weight is 262 g/mol. The van der Waals surface area contributed by atoms with Crippen LogP contribution in [0.3, 0.4) is 0 Å². The zero-order valence-electron chi connectivity index (χ0n) is 11.4. The van der Waals surface area contributed by atoms with E-state index < -0.39 is 5.97 Å². The largest absolute Gasteiger partial charge is 0.478 e. The molecular weight excluding hydrogens is 244 g/mol. The fraction of sp³-hybridized carbons (Fsp3) is 0.286. The first kappa shape index (κ1) is 14.8. The van der Waals surface area contributed by atoms with Crippen LogP contribution < -0.4 is 5.32 Å². The summed E-state index contributed by atoms with van der Waals surface area (Å²) in [5.41, 5.74) is 2.32. The SMILES string of the molecule is C=C(C)CN(C)C(=O)Nc1cc(C(=O)O)ccc1C. The van der Waals surface area contributed by atoms with Gasteiger partial charge in [0.2, 0.25) is 0 Å². The van der Waals surface area contributed by atoms with E-state index in [-0.39, 0.29) is 11.6 Å². The van der Waals surface area contributed by atoms with E-state index in [0.717, 1.165) is 11.1 Å². The summed E-state index contributed by atoms with van der Waals surface area (Å²) in [6, 6.07) is 4.32. The molecule has 1 aromatic rings. The number of nitrogens with one attached hydrogen (secondary N) is 1. The number of hydrogen-bond donors (Lipinski definition) is 2. The van der Waals surface area contributed by atoms with Crippen LogP contribution in [0.25, 0.3) is 0 Å². The number of benzene rings is 1. The molecule has 19 heavy (non-hydrogen) atoms. The third-order valence-corrected chi connectivity index (χ3v) is 2.58. The molecule has 2 amide bonds. The third kappa shape index (κ3) is 4.13. The summed E-state index contributed by atoms with van der Waals surface area (Å²) in [7, 11) is 1.65. The van der Waals surface area contributed by atoms with Crippen molar-refractivity contribution in [2.45, 2.75) is 13.8 Å². The van der Waals surface area contributed by atoms with Gasteiger partial charge in [-0.3, -0.25) is 0 Å². The number of anilines is 1. The van der Waals surface area contributed by atoms with Crippen molar-refractivity contribution in [1.29, 1.82) is 0 Å². The van der Waals surface area contributed by atoms with Crippen LogP contribution in [-0.2, 0) is 0 Å². The Hall–Kier alpha value is -2.30. The van der Waals surface area contributed by atoms with Crippen molar-refractivity contribution in [3.63, 3.8) is 0 Å². The van der Waals surface area contributed by atoms with Gasteiger partial charge in [-0.05, 0) is 31.5 Å². The van der Waals surface area contributed by atoms with Gasteiger partial charge in [0.25, 0.3) is 0 Å². The summed E-state index contributed by atoms with van der Waals surface area (Å²) < 4.78 is 0. The molecule has 0 unspecified atom stereocenters. The molecule has 1 aromatic carbocycles. The summed E-state index contributed by atoms with van der Waals surface area (Å²) in [6.07, 6.45) is 0. The summed E-state index contributed by atoms with van der Waals surface area (Å²) in [6.45, 7) is 7.83. The van der Waals surface area contributed by atoms with Gasteiger partial charge in [0.1, 0.15) is 0 Å². The molecule has 0 bridgehead atoms. The Morgan fingerprint density at radius 1 is 1.42 bits per heavy atom. The second-order valence-electron chi connectivity index (χ2n) is 4.58. The second-order valence-corrected chi connectivity index (χ2v) is 4.58. The van der Waals surface area contributed by atoms with Gasteiger partial charge in [-0.1, -0.05) is 18.2 Å². The van der Waals surface area contributed by atoms with Crippen LogP contribution in [0.15, 0.2) is 30.4 Å². The Bertz CT molecular complexity index is 523.